The predicted molar refractivity (Wildman–Crippen MR) is 15.3 cm³/mol. The molecule has 0 heterocycles. The van der Waals surface area contributed by atoms with Gasteiger partial charge < -0.3 is 4.74 Å². The average molecular weight is 55.1 g/mol. The molecule has 1 radical (unpaired) electrons. The molecule has 0 saturated heterocycles. The normalized spacial score (nSPS) is 4.00. The average Bonchev–Trinajstić information content (AvgIpc) is 1.37. The molecule has 4 heavy (non-hydrogen) atoms. The van der Waals surface area contributed by atoms with Gasteiger partial charge in [-0.05, 0) is 0 Å². The van der Waals surface area contributed by atoms with Gasteiger partial charge in [0.2, 0.25) is 0 Å². The Bertz CT molecular complexity index is 33.0. The van der Waals surface area contributed by atoms with Crippen molar-refractivity contribution >= 4 is 0 Å². The van der Waals surface area contributed by atoms with Crippen LogP contribution in [0.3, 0.4) is 0 Å². The first kappa shape index (κ1) is 3.36. The summed E-state index contributed by atoms with van der Waals surface area (Å²) in [7, 11) is 2.87. The summed E-state index contributed by atoms with van der Waals surface area (Å²) in [4.78, 5) is 0. The molecule has 1 heteroatoms. The molecule has 0 atom stereocenters. The van der Waals surface area contributed by atoms with Crippen molar-refractivity contribution in [1.29, 1.82) is 0 Å². The van der Waals surface area contributed by atoms with Crippen molar-refractivity contribution in [1.82, 2.24) is 0 Å². The lowest BCUT2D eigenvalue weighted by atomic mass is 11.3. The Morgan fingerprint density at radius 2 is 2.25 bits per heavy atom. The van der Waals surface area contributed by atoms with Gasteiger partial charge in [-0.2, -0.15) is 0 Å². The molecule has 0 saturated carbocycles. The number of terminal acetylenes is 1. The second kappa shape index (κ2) is 2.36. The van der Waals surface area contributed by atoms with Crippen LogP contribution in [0.1, 0.15) is 0 Å². The minimum absolute atomic E-state index is 1.82. The van der Waals surface area contributed by atoms with E-state index < -0.39 is 0 Å². The molecule has 0 spiro atoms. The van der Waals surface area contributed by atoms with Crippen molar-refractivity contribution in [3.05, 3.63) is 7.11 Å². The molecule has 0 aliphatic carbocycles. The van der Waals surface area contributed by atoms with E-state index in [1.807, 2.05) is 6.11 Å². The first-order valence-electron chi connectivity index (χ1n) is 0.781. The molecule has 0 amide bonds. The van der Waals surface area contributed by atoms with Crippen LogP contribution in [-0.2, 0) is 4.74 Å². The Morgan fingerprint density at radius 3 is 2.25 bits per heavy atom. The Balaban J connectivity index is 2.43. The number of hydrogen-bond donors (Lipinski definition) is 0. The van der Waals surface area contributed by atoms with Gasteiger partial charge in [0, 0.05) is 0 Å². The van der Waals surface area contributed by atoms with Crippen LogP contribution in [0, 0.1) is 19.6 Å². The monoisotopic (exact) mass is 55.0 g/mol. The maximum Gasteiger partial charge on any atom is 0.135 e. The Hall–Kier alpha value is -0.640. The lowest BCUT2D eigenvalue weighted by Gasteiger charge is -1.65. The third kappa shape index (κ3) is 1.36. The van der Waals surface area contributed by atoms with Crippen LogP contribution in [0.4, 0.5) is 0 Å². The van der Waals surface area contributed by atoms with Crippen molar-refractivity contribution in [3.8, 4) is 12.5 Å². The topological polar surface area (TPSA) is 9.23 Å². The SMILES string of the molecule is C#CO[CH2]. The standard InChI is InChI=1S/C3H3O/c1-3-4-2/h1H,2H2. The zero-order valence-corrected chi connectivity index (χ0v) is 2.19. The fourth-order valence-electron chi connectivity index (χ4n) is 0. The van der Waals surface area contributed by atoms with Crippen LogP contribution in [0.5, 0.6) is 0 Å². The molecule has 0 aromatic heterocycles. The van der Waals surface area contributed by atoms with Crippen LogP contribution in [0.25, 0.3) is 0 Å². The van der Waals surface area contributed by atoms with E-state index >= 15 is 0 Å². The highest BCUT2D eigenvalue weighted by Gasteiger charge is 1.36. The third-order valence-electron chi connectivity index (χ3n) is 0.0833. The largest absolute Gasteiger partial charge is 0.443 e. The van der Waals surface area contributed by atoms with Gasteiger partial charge in [-0.25, -0.2) is 0 Å². The maximum absolute atomic E-state index is 4.49. The van der Waals surface area contributed by atoms with Crippen LogP contribution >= 0.6 is 0 Å². The van der Waals surface area contributed by atoms with E-state index in [2.05, 4.69) is 18.3 Å². The van der Waals surface area contributed by atoms with E-state index in [0.29, 0.717) is 0 Å². The first-order chi connectivity index (χ1) is 1.91. The lowest BCUT2D eigenvalue weighted by Crippen LogP contribution is -1.49. The molecule has 0 aliphatic heterocycles. The van der Waals surface area contributed by atoms with E-state index in [1.165, 1.54) is 0 Å². The molecule has 0 unspecified atom stereocenters. The van der Waals surface area contributed by atoms with Gasteiger partial charge in [0.05, 0.1) is 0 Å². The number of rotatable bonds is 0. The summed E-state index contributed by atoms with van der Waals surface area (Å²) in [6.07, 6.45) is 6.31. The molecule has 0 aliphatic rings. The first-order valence-corrected chi connectivity index (χ1v) is 0.781. The van der Waals surface area contributed by atoms with Gasteiger partial charge in [-0.3, -0.25) is 0 Å². The van der Waals surface area contributed by atoms with E-state index in [0.717, 1.165) is 0 Å². The van der Waals surface area contributed by atoms with Crippen LogP contribution in [-0.4, -0.2) is 0 Å². The molecule has 0 aromatic rings. The van der Waals surface area contributed by atoms with Crippen molar-refractivity contribution in [3.63, 3.8) is 0 Å². The number of hydrogen-bond acceptors (Lipinski definition) is 1. The zero-order valence-electron chi connectivity index (χ0n) is 2.19. The van der Waals surface area contributed by atoms with Gasteiger partial charge in [0.25, 0.3) is 0 Å². The summed E-state index contributed by atoms with van der Waals surface area (Å²) >= 11 is 0. The lowest BCUT2D eigenvalue weighted by molar-refractivity contribution is 0.432. The highest BCUT2D eigenvalue weighted by molar-refractivity contribution is 4.67. The fourth-order valence-corrected chi connectivity index (χ4v) is 0. The van der Waals surface area contributed by atoms with Gasteiger partial charge in [-0.15, -0.1) is 0 Å². The predicted octanol–water partition coefficient (Wildman–Crippen LogP) is 0.385. The Kier molecular flexibility index (Phi) is 1.98. The van der Waals surface area contributed by atoms with Gasteiger partial charge in [0.15, 0.2) is 0 Å². The Labute approximate surface area is 25.6 Å². The molecular weight excluding hydrogens is 52.0 g/mol. The summed E-state index contributed by atoms with van der Waals surface area (Å²) in [5, 5.41) is 0. The summed E-state index contributed by atoms with van der Waals surface area (Å²) in [6, 6.07) is 0. The number of ether oxygens (including phenoxy) is 1. The second-order valence-electron chi connectivity index (χ2n) is 0.262. The summed E-state index contributed by atoms with van der Waals surface area (Å²) < 4.78 is 3.82. The van der Waals surface area contributed by atoms with Crippen LogP contribution in [0.2, 0.25) is 0 Å². The minimum Gasteiger partial charge on any atom is -0.443 e. The van der Waals surface area contributed by atoms with Gasteiger partial charge in [-0.1, -0.05) is 6.42 Å². The van der Waals surface area contributed by atoms with Crippen molar-refractivity contribution in [2.75, 3.05) is 0 Å². The van der Waals surface area contributed by atoms with Crippen molar-refractivity contribution < 1.29 is 4.74 Å². The second-order valence-corrected chi connectivity index (χ2v) is 0.262. The molecule has 0 aromatic carbocycles. The molecule has 0 bridgehead atoms. The smallest absolute Gasteiger partial charge is 0.135 e. The van der Waals surface area contributed by atoms with E-state index in [-0.39, 0.29) is 0 Å². The molecule has 1 nitrogen and oxygen atoms in total. The van der Waals surface area contributed by atoms with Crippen LogP contribution in [0.15, 0.2) is 0 Å². The quantitative estimate of drug-likeness (QED) is 0.364. The van der Waals surface area contributed by atoms with E-state index in [9.17, 15) is 0 Å². The van der Waals surface area contributed by atoms with Crippen LogP contribution < -0.4 is 0 Å². The molecule has 0 rings (SSSR count). The summed E-state index contributed by atoms with van der Waals surface area (Å²) in [5.41, 5.74) is 0. The Morgan fingerprint density at radius 1 is 2.00 bits per heavy atom. The highest BCUT2D eigenvalue weighted by atomic mass is 16.5. The molecule has 21 valence electrons. The van der Waals surface area contributed by atoms with Crippen molar-refractivity contribution in [2.24, 2.45) is 0 Å². The van der Waals surface area contributed by atoms with E-state index in [1.54, 1.807) is 0 Å². The minimum atomic E-state index is 1.82. The van der Waals surface area contributed by atoms with E-state index in [4.69, 9.17) is 0 Å². The summed E-state index contributed by atoms with van der Waals surface area (Å²) in [6.45, 7) is 0. The van der Waals surface area contributed by atoms with Gasteiger partial charge in [0.1, 0.15) is 13.2 Å². The third-order valence-corrected chi connectivity index (χ3v) is 0.0833. The fraction of sp³-hybridized carbons (Fsp3) is 0. The zero-order chi connectivity index (χ0) is 3.41. The molecule has 0 N–H and O–H groups in total. The maximum atomic E-state index is 4.49. The summed E-state index contributed by atoms with van der Waals surface area (Å²) in [5.74, 6) is 0. The highest BCUT2D eigenvalue weighted by Crippen LogP contribution is 1.47. The van der Waals surface area contributed by atoms with Crippen molar-refractivity contribution in [2.45, 2.75) is 0 Å². The molecule has 0 fully saturated rings. The van der Waals surface area contributed by atoms with Gasteiger partial charge >= 0.3 is 0 Å². The molecular formula is C3H3O.